The number of nitrogens with zero attached hydrogens (tertiary/aromatic N) is 3. The molecule has 0 saturated heterocycles. The zero-order valence-corrected chi connectivity index (χ0v) is 17.1. The van der Waals surface area contributed by atoms with E-state index in [4.69, 9.17) is 9.72 Å². The Kier molecular flexibility index (Phi) is 6.08. The minimum atomic E-state index is 0. The second kappa shape index (κ2) is 8.32. The van der Waals surface area contributed by atoms with Gasteiger partial charge in [0.15, 0.2) is 0 Å². The summed E-state index contributed by atoms with van der Waals surface area (Å²) in [6.07, 6.45) is 3.29. The molecule has 3 aromatic rings. The number of hydrogen-bond acceptors (Lipinski definition) is 3. The fourth-order valence-electron chi connectivity index (χ4n) is 3.91. The summed E-state index contributed by atoms with van der Waals surface area (Å²) in [5.41, 5.74) is 5.40. The van der Waals surface area contributed by atoms with Crippen molar-refractivity contribution in [1.29, 1.82) is 0 Å². The molecule has 0 bridgehead atoms. The number of hydrogen-bond donors (Lipinski definition) is 0. The first-order chi connectivity index (χ1) is 12.6. The van der Waals surface area contributed by atoms with Crippen LogP contribution in [0.3, 0.4) is 0 Å². The molecule has 0 radical (unpaired) electrons. The molecule has 1 aliphatic heterocycles. The number of fused-ring (bicyclic) bond motifs is 2. The van der Waals surface area contributed by atoms with Crippen LogP contribution in [0.5, 0.6) is 0 Å². The Hall–Kier alpha value is -2.04. The van der Waals surface area contributed by atoms with Gasteiger partial charge in [-0.2, -0.15) is 0 Å². The highest BCUT2D eigenvalue weighted by Gasteiger charge is 2.20. The van der Waals surface area contributed by atoms with Crippen molar-refractivity contribution in [1.82, 2.24) is 9.55 Å². The lowest BCUT2D eigenvalue weighted by atomic mass is 10.00. The van der Waals surface area contributed by atoms with E-state index in [1.54, 1.807) is 0 Å². The second-order valence-corrected chi connectivity index (χ2v) is 7.36. The van der Waals surface area contributed by atoms with Crippen LogP contribution >= 0.6 is 12.4 Å². The van der Waals surface area contributed by atoms with Crippen molar-refractivity contribution in [3.8, 4) is 0 Å². The minimum Gasteiger partial charge on any atom is -0.377 e. The molecule has 0 fully saturated rings. The molecular weight excluding hydrogens is 358 g/mol. The van der Waals surface area contributed by atoms with E-state index < -0.39 is 0 Å². The lowest BCUT2D eigenvalue weighted by Crippen LogP contribution is -2.31. The van der Waals surface area contributed by atoms with Crippen LogP contribution in [0.1, 0.15) is 30.7 Å². The number of halogens is 1. The van der Waals surface area contributed by atoms with Crippen molar-refractivity contribution in [3.05, 3.63) is 59.4 Å². The Morgan fingerprint density at radius 3 is 2.70 bits per heavy atom. The Morgan fingerprint density at radius 2 is 1.93 bits per heavy atom. The van der Waals surface area contributed by atoms with Crippen molar-refractivity contribution >= 4 is 29.1 Å². The number of benzene rings is 1. The van der Waals surface area contributed by atoms with Gasteiger partial charge in [0.1, 0.15) is 5.82 Å². The lowest BCUT2D eigenvalue weighted by Gasteiger charge is -2.30. The number of aryl methyl sites for hydroxylation is 1. The SMILES string of the molecule is Cc1cc2c(N3CCc4ccccc4C3)nccc2n1CCOC(C)C.Cl. The first-order valence-corrected chi connectivity index (χ1v) is 9.51. The van der Waals surface area contributed by atoms with E-state index in [0.717, 1.165) is 38.5 Å². The van der Waals surface area contributed by atoms with Gasteiger partial charge in [0.25, 0.3) is 0 Å². The normalized spacial score (nSPS) is 13.7. The van der Waals surface area contributed by atoms with Gasteiger partial charge < -0.3 is 14.2 Å². The monoisotopic (exact) mass is 385 g/mol. The summed E-state index contributed by atoms with van der Waals surface area (Å²) in [5, 5.41) is 1.24. The molecule has 1 aliphatic rings. The maximum absolute atomic E-state index is 5.76. The number of anilines is 1. The molecular formula is C22H28ClN3O. The van der Waals surface area contributed by atoms with E-state index in [0.29, 0.717) is 0 Å². The van der Waals surface area contributed by atoms with Crippen LogP contribution in [0.15, 0.2) is 42.6 Å². The molecule has 144 valence electrons. The molecule has 0 aliphatic carbocycles. The molecule has 3 heterocycles. The minimum absolute atomic E-state index is 0. The number of pyridine rings is 1. The molecule has 4 rings (SSSR count). The van der Waals surface area contributed by atoms with Crippen molar-refractivity contribution in [2.45, 2.75) is 46.4 Å². The van der Waals surface area contributed by atoms with Gasteiger partial charge in [0.2, 0.25) is 0 Å². The topological polar surface area (TPSA) is 30.3 Å². The van der Waals surface area contributed by atoms with Crippen LogP contribution in [0.25, 0.3) is 10.9 Å². The van der Waals surface area contributed by atoms with Crippen LogP contribution in [0, 0.1) is 6.92 Å². The van der Waals surface area contributed by atoms with Crippen LogP contribution in [0.4, 0.5) is 5.82 Å². The maximum atomic E-state index is 5.76. The molecule has 0 unspecified atom stereocenters. The summed E-state index contributed by atoms with van der Waals surface area (Å²) >= 11 is 0. The number of ether oxygens (including phenoxy) is 1. The highest BCUT2D eigenvalue weighted by molar-refractivity contribution is 5.91. The maximum Gasteiger partial charge on any atom is 0.138 e. The Morgan fingerprint density at radius 1 is 1.15 bits per heavy atom. The van der Waals surface area contributed by atoms with E-state index in [2.05, 4.69) is 66.6 Å². The molecule has 4 nitrogen and oxygen atoms in total. The quantitative estimate of drug-likeness (QED) is 0.634. The van der Waals surface area contributed by atoms with Gasteiger partial charge >= 0.3 is 0 Å². The summed E-state index contributed by atoms with van der Waals surface area (Å²) in [6, 6.07) is 13.1. The lowest BCUT2D eigenvalue weighted by molar-refractivity contribution is 0.0731. The molecule has 27 heavy (non-hydrogen) atoms. The standard InChI is InChI=1S/C22H27N3O.ClH/c1-16(2)26-13-12-25-17(3)14-20-21(25)8-10-23-22(20)24-11-9-18-6-4-5-7-19(18)15-24;/h4-8,10,14,16H,9,11-13,15H2,1-3H3;1H. The fourth-order valence-corrected chi connectivity index (χ4v) is 3.91. The van der Waals surface area contributed by atoms with Crippen molar-refractivity contribution in [3.63, 3.8) is 0 Å². The summed E-state index contributed by atoms with van der Waals surface area (Å²) in [6.45, 7) is 9.89. The third kappa shape index (κ3) is 3.97. The molecule has 2 aromatic heterocycles. The van der Waals surface area contributed by atoms with Gasteiger partial charge in [0, 0.05) is 36.9 Å². The Labute approximate surface area is 167 Å². The van der Waals surface area contributed by atoms with E-state index in [-0.39, 0.29) is 18.5 Å². The van der Waals surface area contributed by atoms with Gasteiger partial charge in [0.05, 0.1) is 18.2 Å². The first-order valence-electron chi connectivity index (χ1n) is 9.51. The predicted molar refractivity (Wildman–Crippen MR) is 114 cm³/mol. The van der Waals surface area contributed by atoms with Crippen molar-refractivity contribution in [2.24, 2.45) is 0 Å². The molecule has 0 amide bonds. The van der Waals surface area contributed by atoms with Gasteiger partial charge in [-0.1, -0.05) is 24.3 Å². The average Bonchev–Trinajstić information content (AvgIpc) is 2.96. The summed E-state index contributed by atoms with van der Waals surface area (Å²) < 4.78 is 8.11. The van der Waals surface area contributed by atoms with E-state index in [1.807, 2.05) is 6.20 Å². The first kappa shape index (κ1) is 19.7. The van der Waals surface area contributed by atoms with Gasteiger partial charge in [-0.3, -0.25) is 0 Å². The van der Waals surface area contributed by atoms with Crippen molar-refractivity contribution < 1.29 is 4.74 Å². The molecule has 0 N–H and O–H groups in total. The van der Waals surface area contributed by atoms with Crippen LogP contribution in [-0.2, 0) is 24.2 Å². The Bertz CT molecular complexity index is 919. The van der Waals surface area contributed by atoms with E-state index in [1.165, 1.54) is 27.7 Å². The zero-order chi connectivity index (χ0) is 18.1. The summed E-state index contributed by atoms with van der Waals surface area (Å²) in [4.78, 5) is 7.16. The zero-order valence-electron chi connectivity index (χ0n) is 16.3. The van der Waals surface area contributed by atoms with Crippen LogP contribution in [0.2, 0.25) is 0 Å². The highest BCUT2D eigenvalue weighted by atomic mass is 35.5. The highest BCUT2D eigenvalue weighted by Crippen LogP contribution is 2.31. The largest absolute Gasteiger partial charge is 0.377 e. The third-order valence-corrected chi connectivity index (χ3v) is 5.21. The molecule has 0 spiro atoms. The molecule has 5 heteroatoms. The van der Waals surface area contributed by atoms with Crippen LogP contribution < -0.4 is 4.90 Å². The smallest absolute Gasteiger partial charge is 0.138 e. The van der Waals surface area contributed by atoms with Gasteiger partial charge in [-0.25, -0.2) is 4.98 Å². The van der Waals surface area contributed by atoms with Gasteiger partial charge in [-0.15, -0.1) is 12.4 Å². The predicted octanol–water partition coefficient (Wildman–Crippen LogP) is 4.75. The van der Waals surface area contributed by atoms with Crippen LogP contribution in [-0.4, -0.2) is 28.8 Å². The third-order valence-electron chi connectivity index (χ3n) is 5.21. The number of rotatable bonds is 5. The summed E-state index contributed by atoms with van der Waals surface area (Å²) in [5.74, 6) is 1.10. The molecule has 0 saturated carbocycles. The summed E-state index contributed by atoms with van der Waals surface area (Å²) in [7, 11) is 0. The molecule has 0 atom stereocenters. The van der Waals surface area contributed by atoms with Gasteiger partial charge in [-0.05, 0) is 50.5 Å². The average molecular weight is 386 g/mol. The van der Waals surface area contributed by atoms with Crippen molar-refractivity contribution in [2.75, 3.05) is 18.1 Å². The second-order valence-electron chi connectivity index (χ2n) is 7.36. The van der Waals surface area contributed by atoms with E-state index in [9.17, 15) is 0 Å². The van der Waals surface area contributed by atoms with E-state index >= 15 is 0 Å². The number of aromatic nitrogens is 2. The Balaban J connectivity index is 0.00000210. The molecule has 1 aromatic carbocycles. The fraction of sp³-hybridized carbons (Fsp3) is 0.409.